The Morgan fingerprint density at radius 2 is 1.82 bits per heavy atom. The summed E-state index contributed by atoms with van der Waals surface area (Å²) in [5.41, 5.74) is 1.61. The Balaban J connectivity index is 1.53. The summed E-state index contributed by atoms with van der Waals surface area (Å²) < 4.78 is 33.8. The maximum Gasteiger partial charge on any atom is 0.335 e. The Hall–Kier alpha value is -4.04. The molecule has 0 bridgehead atoms. The molecule has 168 valence electrons. The van der Waals surface area contributed by atoms with Crippen LogP contribution in [-0.4, -0.2) is 27.3 Å². The summed E-state index contributed by atoms with van der Waals surface area (Å²) in [6, 6.07) is 19.2. The number of aromatic nitrogens is 1. The van der Waals surface area contributed by atoms with Gasteiger partial charge in [-0.15, -0.1) is 0 Å². The van der Waals surface area contributed by atoms with Gasteiger partial charge in [0.15, 0.2) is 6.10 Å². The van der Waals surface area contributed by atoms with Crippen LogP contribution in [0.15, 0.2) is 78.9 Å². The van der Waals surface area contributed by atoms with E-state index in [1.807, 2.05) is 36.4 Å². The lowest BCUT2D eigenvalue weighted by Gasteiger charge is -2.24. The molecule has 0 radical (unpaired) electrons. The predicted molar refractivity (Wildman–Crippen MR) is 119 cm³/mol. The number of halogens is 2. The number of pyridine rings is 1. The Kier molecular flexibility index (Phi) is 6.46. The van der Waals surface area contributed by atoms with E-state index in [9.17, 15) is 23.8 Å². The van der Waals surface area contributed by atoms with Gasteiger partial charge in [-0.2, -0.15) is 0 Å². The fraction of sp³-hybridized carbons (Fsp3) is 0.120. The van der Waals surface area contributed by atoms with Crippen molar-refractivity contribution in [2.24, 2.45) is 0 Å². The van der Waals surface area contributed by atoms with E-state index in [2.05, 4.69) is 10.3 Å². The second kappa shape index (κ2) is 9.62. The summed E-state index contributed by atoms with van der Waals surface area (Å²) in [6.07, 6.45) is -2.02. The molecule has 8 heteroatoms. The van der Waals surface area contributed by atoms with Gasteiger partial charge in [-0.3, -0.25) is 0 Å². The van der Waals surface area contributed by atoms with Crippen LogP contribution in [0.2, 0.25) is 0 Å². The van der Waals surface area contributed by atoms with E-state index >= 15 is 0 Å². The lowest BCUT2D eigenvalue weighted by molar-refractivity contribution is -0.147. The molecule has 1 aromatic heterocycles. The van der Waals surface area contributed by atoms with E-state index in [1.54, 1.807) is 24.3 Å². The smallest absolute Gasteiger partial charge is 0.335 e. The van der Waals surface area contributed by atoms with E-state index in [4.69, 9.17) is 4.74 Å². The molecule has 4 aromatic rings. The van der Waals surface area contributed by atoms with Crippen LogP contribution in [0, 0.1) is 11.6 Å². The standard InChI is InChI=1S/C25H20F2N2O4/c26-16-9-11-21(27)20(12-16)23(24(30)25(31)32)29-17-5-3-6-19(13-17)33-14-18-10-8-15-4-1-2-7-22(15)28-18/h1-13,23-24,29-30H,14H2,(H,31,32)/t23?,24-/m1/s1. The Bertz CT molecular complexity index is 1300. The van der Waals surface area contributed by atoms with E-state index in [0.717, 1.165) is 29.1 Å². The zero-order chi connectivity index (χ0) is 23.4. The van der Waals surface area contributed by atoms with Crippen molar-refractivity contribution in [1.82, 2.24) is 4.98 Å². The molecular weight excluding hydrogens is 430 g/mol. The number of carboxylic acid groups (broad SMARTS) is 1. The minimum atomic E-state index is -2.02. The minimum absolute atomic E-state index is 0.188. The number of carbonyl (C=O) groups is 1. The second-order valence-electron chi connectivity index (χ2n) is 7.38. The number of rotatable bonds is 8. The maximum atomic E-state index is 14.3. The number of carboxylic acids is 1. The van der Waals surface area contributed by atoms with Crippen molar-refractivity contribution in [2.45, 2.75) is 18.8 Å². The lowest BCUT2D eigenvalue weighted by atomic mass is 10.00. The van der Waals surface area contributed by atoms with Gasteiger partial charge in [-0.25, -0.2) is 18.6 Å². The molecule has 0 saturated heterocycles. The second-order valence-corrected chi connectivity index (χ2v) is 7.38. The summed E-state index contributed by atoms with van der Waals surface area (Å²) in [6.45, 7) is 0.188. The van der Waals surface area contributed by atoms with Crippen molar-refractivity contribution in [3.05, 3.63) is 102 Å². The van der Waals surface area contributed by atoms with Gasteiger partial charge in [-0.05, 0) is 42.5 Å². The Morgan fingerprint density at radius 1 is 1.00 bits per heavy atom. The lowest BCUT2D eigenvalue weighted by Crippen LogP contribution is -2.33. The third-order valence-electron chi connectivity index (χ3n) is 5.06. The SMILES string of the molecule is O=C(O)[C@H](O)C(Nc1cccc(OCc2ccc3ccccc3n2)c1)c1cc(F)ccc1F. The molecule has 0 saturated carbocycles. The first-order valence-corrected chi connectivity index (χ1v) is 10.1. The number of ether oxygens (including phenoxy) is 1. The molecule has 0 aliphatic carbocycles. The first kappa shape index (κ1) is 22.2. The van der Waals surface area contributed by atoms with Crippen LogP contribution in [0.4, 0.5) is 14.5 Å². The number of aliphatic hydroxyl groups is 1. The zero-order valence-corrected chi connectivity index (χ0v) is 17.3. The van der Waals surface area contributed by atoms with Gasteiger partial charge in [0, 0.05) is 22.7 Å². The fourth-order valence-corrected chi connectivity index (χ4v) is 3.42. The molecule has 2 atom stereocenters. The highest BCUT2D eigenvalue weighted by atomic mass is 19.1. The van der Waals surface area contributed by atoms with Crippen LogP contribution in [0.5, 0.6) is 5.75 Å². The molecule has 4 rings (SSSR count). The van der Waals surface area contributed by atoms with Gasteiger partial charge in [0.25, 0.3) is 0 Å². The number of anilines is 1. The van der Waals surface area contributed by atoms with E-state index < -0.39 is 29.7 Å². The molecule has 1 unspecified atom stereocenters. The fourth-order valence-electron chi connectivity index (χ4n) is 3.42. The average molecular weight is 450 g/mol. The van der Waals surface area contributed by atoms with Gasteiger partial charge < -0.3 is 20.3 Å². The molecule has 3 aromatic carbocycles. The average Bonchev–Trinajstić information content (AvgIpc) is 2.82. The molecule has 1 heterocycles. The van der Waals surface area contributed by atoms with Gasteiger partial charge >= 0.3 is 5.97 Å². The van der Waals surface area contributed by atoms with Gasteiger partial charge in [-0.1, -0.05) is 30.3 Å². The van der Waals surface area contributed by atoms with Crippen LogP contribution in [0.25, 0.3) is 10.9 Å². The largest absolute Gasteiger partial charge is 0.487 e. The van der Waals surface area contributed by atoms with Crippen LogP contribution in [-0.2, 0) is 11.4 Å². The van der Waals surface area contributed by atoms with Gasteiger partial charge in [0.2, 0.25) is 0 Å². The van der Waals surface area contributed by atoms with Crippen molar-refractivity contribution in [2.75, 3.05) is 5.32 Å². The number of fused-ring (bicyclic) bond motifs is 1. The Morgan fingerprint density at radius 3 is 2.64 bits per heavy atom. The van der Waals surface area contributed by atoms with Crippen molar-refractivity contribution in [3.8, 4) is 5.75 Å². The topological polar surface area (TPSA) is 91.7 Å². The van der Waals surface area contributed by atoms with E-state index in [1.165, 1.54) is 0 Å². The summed E-state index contributed by atoms with van der Waals surface area (Å²) in [5.74, 6) is -2.73. The van der Waals surface area contributed by atoms with Crippen molar-refractivity contribution < 1.29 is 28.5 Å². The summed E-state index contributed by atoms with van der Waals surface area (Å²) >= 11 is 0. The minimum Gasteiger partial charge on any atom is -0.487 e. The van der Waals surface area contributed by atoms with Crippen molar-refractivity contribution in [3.63, 3.8) is 0 Å². The van der Waals surface area contributed by atoms with E-state index in [-0.39, 0.29) is 12.2 Å². The highest BCUT2D eigenvalue weighted by Gasteiger charge is 2.30. The molecule has 0 amide bonds. The number of nitrogens with one attached hydrogen (secondary N) is 1. The summed E-state index contributed by atoms with van der Waals surface area (Å²) in [4.78, 5) is 15.9. The van der Waals surface area contributed by atoms with Crippen LogP contribution < -0.4 is 10.1 Å². The number of hydrogen-bond donors (Lipinski definition) is 3. The normalized spacial score (nSPS) is 12.8. The first-order chi connectivity index (χ1) is 15.9. The predicted octanol–water partition coefficient (Wildman–Crippen LogP) is 4.69. The number of aliphatic carboxylic acids is 1. The number of benzene rings is 3. The van der Waals surface area contributed by atoms with Gasteiger partial charge in [0.05, 0.1) is 17.3 Å². The molecule has 33 heavy (non-hydrogen) atoms. The third kappa shape index (κ3) is 5.24. The van der Waals surface area contributed by atoms with Crippen molar-refractivity contribution >= 4 is 22.6 Å². The molecule has 0 aliphatic rings. The van der Waals surface area contributed by atoms with Crippen LogP contribution in [0.1, 0.15) is 17.3 Å². The first-order valence-electron chi connectivity index (χ1n) is 10.1. The number of hydrogen-bond acceptors (Lipinski definition) is 5. The maximum absolute atomic E-state index is 14.3. The van der Waals surface area contributed by atoms with Crippen LogP contribution >= 0.6 is 0 Å². The number of aliphatic hydroxyl groups excluding tert-OH is 1. The molecule has 0 fully saturated rings. The molecule has 6 nitrogen and oxygen atoms in total. The molecular formula is C25H20F2N2O4. The summed E-state index contributed by atoms with van der Waals surface area (Å²) in [5, 5.41) is 23.2. The number of para-hydroxylation sites is 1. The monoisotopic (exact) mass is 450 g/mol. The molecule has 0 spiro atoms. The van der Waals surface area contributed by atoms with Gasteiger partial charge in [0.1, 0.15) is 24.0 Å². The van der Waals surface area contributed by atoms with Crippen LogP contribution in [0.3, 0.4) is 0 Å². The third-order valence-corrected chi connectivity index (χ3v) is 5.06. The highest BCUT2D eigenvalue weighted by molar-refractivity contribution is 5.78. The van der Waals surface area contributed by atoms with Crippen molar-refractivity contribution in [1.29, 1.82) is 0 Å². The number of nitrogens with zero attached hydrogens (tertiary/aromatic N) is 1. The summed E-state index contributed by atoms with van der Waals surface area (Å²) in [7, 11) is 0. The highest BCUT2D eigenvalue weighted by Crippen LogP contribution is 2.28. The molecule has 0 aliphatic heterocycles. The Labute approximate surface area is 188 Å². The quantitative estimate of drug-likeness (QED) is 0.361. The zero-order valence-electron chi connectivity index (χ0n) is 17.3. The van der Waals surface area contributed by atoms with E-state index in [0.29, 0.717) is 17.1 Å². The molecule has 3 N–H and O–H groups in total.